The normalized spacial score (nSPS) is 17.7. The topological polar surface area (TPSA) is 12.0 Å². The predicted molar refractivity (Wildman–Crippen MR) is 104 cm³/mol. The van der Waals surface area contributed by atoms with Gasteiger partial charge in [0.1, 0.15) is 0 Å². The Kier molecular flexibility index (Phi) is 4.83. The van der Waals surface area contributed by atoms with Crippen LogP contribution in [0.3, 0.4) is 0 Å². The van der Waals surface area contributed by atoms with Crippen molar-refractivity contribution in [3.05, 3.63) is 68.8 Å². The zero-order chi connectivity index (χ0) is 17.4. The summed E-state index contributed by atoms with van der Waals surface area (Å²) in [5.41, 5.74) is 11.5. The molecule has 1 fully saturated rings. The van der Waals surface area contributed by atoms with Crippen molar-refractivity contribution in [2.45, 2.75) is 66.3 Å². The van der Waals surface area contributed by atoms with Gasteiger partial charge in [-0.2, -0.15) is 0 Å². The summed E-state index contributed by atoms with van der Waals surface area (Å²) in [5, 5.41) is 3.79. The minimum Gasteiger partial charge on any atom is -0.313 e. The van der Waals surface area contributed by atoms with Gasteiger partial charge in [0, 0.05) is 12.0 Å². The maximum atomic E-state index is 3.79. The molecule has 0 amide bonds. The Hall–Kier alpha value is -1.60. The molecule has 2 aromatic rings. The first kappa shape index (κ1) is 17.2. The predicted octanol–water partition coefficient (Wildman–Crippen LogP) is 5.42. The Morgan fingerprint density at radius 1 is 0.750 bits per heavy atom. The van der Waals surface area contributed by atoms with Crippen LogP contribution in [0.1, 0.15) is 63.3 Å². The molecule has 0 radical (unpaired) electrons. The maximum Gasteiger partial charge on any atom is 0.0253 e. The quantitative estimate of drug-likeness (QED) is 0.796. The largest absolute Gasteiger partial charge is 0.313 e. The Bertz CT molecular complexity index is 647. The van der Waals surface area contributed by atoms with E-state index in [1.807, 2.05) is 0 Å². The van der Waals surface area contributed by atoms with Crippen LogP contribution in [0.5, 0.6) is 0 Å². The van der Waals surface area contributed by atoms with Crippen LogP contribution >= 0.6 is 0 Å². The highest BCUT2D eigenvalue weighted by molar-refractivity contribution is 5.51. The first-order valence-electron chi connectivity index (χ1n) is 9.27. The SMILES string of the molecule is Cc1cc(C)c(C(c2c(C)cc(C)cc2C)C2CCCN2)c(C)c1. The highest BCUT2D eigenvalue weighted by Gasteiger charge is 2.31. The molecule has 0 saturated carbocycles. The van der Waals surface area contributed by atoms with Crippen LogP contribution < -0.4 is 5.32 Å². The number of hydrogen-bond donors (Lipinski definition) is 1. The molecule has 1 aliphatic rings. The van der Waals surface area contributed by atoms with Crippen molar-refractivity contribution in [1.29, 1.82) is 0 Å². The third kappa shape index (κ3) is 3.15. The highest BCUT2D eigenvalue weighted by atomic mass is 14.9. The smallest absolute Gasteiger partial charge is 0.0253 e. The number of rotatable bonds is 3. The second-order valence-corrected chi connectivity index (χ2v) is 7.81. The lowest BCUT2D eigenvalue weighted by Crippen LogP contribution is -2.31. The number of hydrogen-bond acceptors (Lipinski definition) is 1. The van der Waals surface area contributed by atoms with Crippen molar-refractivity contribution in [2.75, 3.05) is 6.54 Å². The van der Waals surface area contributed by atoms with Crippen LogP contribution in [0.2, 0.25) is 0 Å². The van der Waals surface area contributed by atoms with Crippen molar-refractivity contribution >= 4 is 0 Å². The summed E-state index contributed by atoms with van der Waals surface area (Å²) in [4.78, 5) is 0. The van der Waals surface area contributed by atoms with Gasteiger partial charge in [-0.25, -0.2) is 0 Å². The zero-order valence-electron chi connectivity index (χ0n) is 16.1. The van der Waals surface area contributed by atoms with Gasteiger partial charge in [-0.3, -0.25) is 0 Å². The minimum atomic E-state index is 0.452. The van der Waals surface area contributed by atoms with E-state index >= 15 is 0 Å². The summed E-state index contributed by atoms with van der Waals surface area (Å²) in [6.07, 6.45) is 2.55. The molecule has 24 heavy (non-hydrogen) atoms. The maximum absolute atomic E-state index is 3.79. The molecule has 0 aliphatic carbocycles. The average Bonchev–Trinajstić information content (AvgIpc) is 2.97. The summed E-state index contributed by atoms with van der Waals surface area (Å²) >= 11 is 0. The second kappa shape index (κ2) is 6.72. The van der Waals surface area contributed by atoms with Gasteiger partial charge in [-0.05, 0) is 94.3 Å². The van der Waals surface area contributed by atoms with Gasteiger partial charge in [0.15, 0.2) is 0 Å². The average molecular weight is 322 g/mol. The Morgan fingerprint density at radius 2 is 1.17 bits per heavy atom. The van der Waals surface area contributed by atoms with E-state index < -0.39 is 0 Å². The molecule has 2 aromatic carbocycles. The van der Waals surface area contributed by atoms with Crippen LogP contribution in [0.4, 0.5) is 0 Å². The summed E-state index contributed by atoms with van der Waals surface area (Å²) in [5.74, 6) is 0.452. The lowest BCUT2D eigenvalue weighted by molar-refractivity contribution is 0.533. The molecule has 1 heteroatoms. The Labute approximate surface area is 147 Å². The standard InChI is InChI=1S/C23H31N/c1-14-10-16(3)21(17(4)11-14)23(20-8-7-9-24-20)22-18(5)12-15(2)13-19(22)6/h10-13,20,23-24H,7-9H2,1-6H3. The molecule has 1 saturated heterocycles. The van der Waals surface area contributed by atoms with E-state index in [1.54, 1.807) is 0 Å². The zero-order valence-corrected chi connectivity index (χ0v) is 16.1. The summed E-state index contributed by atoms with van der Waals surface area (Å²) in [7, 11) is 0. The fourth-order valence-corrected chi connectivity index (χ4v) is 4.91. The molecule has 1 unspecified atom stereocenters. The molecule has 128 valence electrons. The summed E-state index contributed by atoms with van der Waals surface area (Å²) in [6.45, 7) is 14.7. The molecular weight excluding hydrogens is 290 g/mol. The van der Waals surface area contributed by atoms with E-state index in [2.05, 4.69) is 71.1 Å². The van der Waals surface area contributed by atoms with Gasteiger partial charge in [-0.15, -0.1) is 0 Å². The van der Waals surface area contributed by atoms with Gasteiger partial charge >= 0.3 is 0 Å². The number of benzene rings is 2. The van der Waals surface area contributed by atoms with Gasteiger partial charge in [0.05, 0.1) is 0 Å². The third-order valence-electron chi connectivity index (χ3n) is 5.60. The highest BCUT2D eigenvalue weighted by Crippen LogP contribution is 2.39. The van der Waals surface area contributed by atoms with E-state index in [4.69, 9.17) is 0 Å². The molecule has 1 N–H and O–H groups in total. The molecule has 3 rings (SSSR count). The van der Waals surface area contributed by atoms with Crippen molar-refractivity contribution < 1.29 is 0 Å². The molecule has 1 heterocycles. The van der Waals surface area contributed by atoms with Crippen LogP contribution in [-0.4, -0.2) is 12.6 Å². The van der Waals surface area contributed by atoms with E-state index in [0.29, 0.717) is 12.0 Å². The molecule has 1 atom stereocenters. The van der Waals surface area contributed by atoms with E-state index in [0.717, 1.165) is 6.54 Å². The van der Waals surface area contributed by atoms with Gasteiger partial charge < -0.3 is 5.32 Å². The van der Waals surface area contributed by atoms with Crippen LogP contribution in [0.25, 0.3) is 0 Å². The summed E-state index contributed by atoms with van der Waals surface area (Å²) in [6, 6.07) is 9.95. The molecule has 0 spiro atoms. The molecular formula is C23H31N. The van der Waals surface area contributed by atoms with Gasteiger partial charge in [0.25, 0.3) is 0 Å². The monoisotopic (exact) mass is 321 g/mol. The first-order chi connectivity index (χ1) is 11.4. The van der Waals surface area contributed by atoms with E-state index in [1.165, 1.54) is 57.3 Å². The van der Waals surface area contributed by atoms with E-state index in [9.17, 15) is 0 Å². The third-order valence-corrected chi connectivity index (χ3v) is 5.60. The Morgan fingerprint density at radius 3 is 1.50 bits per heavy atom. The van der Waals surface area contributed by atoms with Crippen LogP contribution in [0.15, 0.2) is 24.3 Å². The van der Waals surface area contributed by atoms with Gasteiger partial charge in [-0.1, -0.05) is 35.4 Å². The molecule has 0 bridgehead atoms. The summed E-state index contributed by atoms with van der Waals surface area (Å²) < 4.78 is 0. The second-order valence-electron chi connectivity index (χ2n) is 7.81. The van der Waals surface area contributed by atoms with Crippen LogP contribution in [0, 0.1) is 41.5 Å². The van der Waals surface area contributed by atoms with Crippen molar-refractivity contribution in [3.8, 4) is 0 Å². The van der Waals surface area contributed by atoms with Crippen LogP contribution in [-0.2, 0) is 0 Å². The first-order valence-corrected chi connectivity index (χ1v) is 9.27. The molecule has 0 aromatic heterocycles. The minimum absolute atomic E-state index is 0.452. The lowest BCUT2D eigenvalue weighted by Gasteiger charge is -2.31. The number of nitrogens with one attached hydrogen (secondary N) is 1. The lowest BCUT2D eigenvalue weighted by atomic mass is 9.76. The number of aryl methyl sites for hydroxylation is 6. The van der Waals surface area contributed by atoms with Crippen molar-refractivity contribution in [3.63, 3.8) is 0 Å². The van der Waals surface area contributed by atoms with E-state index in [-0.39, 0.29) is 0 Å². The fraction of sp³-hybridized carbons (Fsp3) is 0.478. The Balaban J connectivity index is 2.23. The van der Waals surface area contributed by atoms with Crippen molar-refractivity contribution in [2.24, 2.45) is 0 Å². The van der Waals surface area contributed by atoms with Crippen molar-refractivity contribution in [1.82, 2.24) is 5.32 Å². The molecule has 1 aliphatic heterocycles. The van der Waals surface area contributed by atoms with Gasteiger partial charge in [0.2, 0.25) is 0 Å². The fourth-order valence-electron chi connectivity index (χ4n) is 4.91. The molecule has 1 nitrogen and oxygen atoms in total.